The number of benzene rings is 2. The van der Waals surface area contributed by atoms with E-state index >= 15 is 0 Å². The Morgan fingerprint density at radius 1 is 1.09 bits per heavy atom. The van der Waals surface area contributed by atoms with Crippen molar-refractivity contribution in [1.29, 1.82) is 0 Å². The van der Waals surface area contributed by atoms with E-state index in [1.165, 1.54) is 0 Å². The van der Waals surface area contributed by atoms with E-state index in [0.29, 0.717) is 30.0 Å². The van der Waals surface area contributed by atoms with Crippen molar-refractivity contribution in [3.8, 4) is 0 Å². The number of anilines is 1. The van der Waals surface area contributed by atoms with Crippen molar-refractivity contribution in [2.75, 3.05) is 17.3 Å². The molecule has 1 saturated heterocycles. The Balaban J connectivity index is 1.87. The predicted octanol–water partition coefficient (Wildman–Crippen LogP) is 3.51. The molecule has 1 amide bonds. The van der Waals surface area contributed by atoms with Crippen molar-refractivity contribution in [3.63, 3.8) is 0 Å². The van der Waals surface area contributed by atoms with Gasteiger partial charge >= 0.3 is 0 Å². The van der Waals surface area contributed by atoms with Crippen LogP contribution in [0.5, 0.6) is 0 Å². The van der Waals surface area contributed by atoms with Gasteiger partial charge in [0.2, 0.25) is 5.91 Å². The molecule has 1 unspecified atom stereocenters. The molecule has 0 aromatic heterocycles. The summed E-state index contributed by atoms with van der Waals surface area (Å²) in [6, 6.07) is 16.4. The van der Waals surface area contributed by atoms with E-state index in [1.54, 1.807) is 29.2 Å². The molecule has 0 bridgehead atoms. The lowest BCUT2D eigenvalue weighted by Gasteiger charge is -2.17. The minimum atomic E-state index is -0.0389. The van der Waals surface area contributed by atoms with Crippen LogP contribution < -0.4 is 4.90 Å². The smallest absolute Gasteiger partial charge is 0.227 e. The summed E-state index contributed by atoms with van der Waals surface area (Å²) < 4.78 is 0. The first kappa shape index (κ1) is 14.8. The zero-order valence-corrected chi connectivity index (χ0v) is 12.8. The number of nitrogens with zero attached hydrogens (tertiary/aromatic N) is 1. The second kappa shape index (κ2) is 6.32. The fourth-order valence-corrected chi connectivity index (χ4v) is 2.91. The summed E-state index contributed by atoms with van der Waals surface area (Å²) in [4.78, 5) is 26.3. The summed E-state index contributed by atoms with van der Waals surface area (Å²) >= 11 is 5.85. The first-order valence-electron chi connectivity index (χ1n) is 7.25. The molecule has 2 aromatic carbocycles. The van der Waals surface area contributed by atoms with Crippen LogP contribution in [0.25, 0.3) is 0 Å². The summed E-state index contributed by atoms with van der Waals surface area (Å²) in [5.74, 6) is 0.686. The molecule has 0 N–H and O–H groups in total. The number of ketones is 1. The van der Waals surface area contributed by atoms with Gasteiger partial charge in [-0.25, -0.2) is 0 Å². The lowest BCUT2D eigenvalue weighted by molar-refractivity contribution is -0.117. The third-order valence-electron chi connectivity index (χ3n) is 3.88. The van der Waals surface area contributed by atoms with Gasteiger partial charge in [-0.05, 0) is 18.1 Å². The topological polar surface area (TPSA) is 37.4 Å². The lowest BCUT2D eigenvalue weighted by Crippen LogP contribution is -2.24. The van der Waals surface area contributed by atoms with Gasteiger partial charge in [0, 0.05) is 35.7 Å². The number of halogens is 1. The molecule has 2 aromatic rings. The van der Waals surface area contributed by atoms with Crippen LogP contribution in [0.15, 0.2) is 54.6 Å². The molecule has 0 saturated carbocycles. The maximum atomic E-state index is 12.5. The van der Waals surface area contributed by atoms with Crippen LogP contribution in [0.2, 0.25) is 0 Å². The van der Waals surface area contributed by atoms with Crippen LogP contribution in [0.3, 0.4) is 0 Å². The van der Waals surface area contributed by atoms with Gasteiger partial charge in [0.15, 0.2) is 5.78 Å². The molecule has 112 valence electrons. The van der Waals surface area contributed by atoms with Gasteiger partial charge in [0.25, 0.3) is 0 Å². The molecule has 1 heterocycles. The maximum Gasteiger partial charge on any atom is 0.227 e. The van der Waals surface area contributed by atoms with Crippen LogP contribution in [0, 0.1) is 5.92 Å². The largest absolute Gasteiger partial charge is 0.312 e. The molecule has 1 atom stereocenters. The van der Waals surface area contributed by atoms with Crippen LogP contribution in [0.1, 0.15) is 22.3 Å². The lowest BCUT2D eigenvalue weighted by atomic mass is 10.0. The zero-order valence-electron chi connectivity index (χ0n) is 12.0. The number of hydrogen-bond donors (Lipinski definition) is 0. The highest BCUT2D eigenvalue weighted by atomic mass is 35.5. The van der Waals surface area contributed by atoms with Crippen LogP contribution in [0.4, 0.5) is 5.69 Å². The van der Waals surface area contributed by atoms with Crippen LogP contribution in [-0.2, 0) is 4.79 Å². The molecule has 1 aliphatic heterocycles. The third-order valence-corrected chi connectivity index (χ3v) is 4.32. The van der Waals surface area contributed by atoms with Crippen LogP contribution >= 0.6 is 11.6 Å². The van der Waals surface area contributed by atoms with Gasteiger partial charge in [-0.15, -0.1) is 11.6 Å². The highest BCUT2D eigenvalue weighted by Gasteiger charge is 2.30. The highest BCUT2D eigenvalue weighted by Crippen LogP contribution is 2.27. The standard InChI is InChI=1S/C18H16ClNO2/c19-11-13-9-17(21)20(12-13)16-8-4-7-15(10-16)18(22)14-5-2-1-3-6-14/h1-8,10,13H,9,11-12H2. The van der Waals surface area contributed by atoms with E-state index in [-0.39, 0.29) is 17.6 Å². The first-order valence-corrected chi connectivity index (χ1v) is 7.78. The Labute approximate surface area is 134 Å². The molecule has 1 fully saturated rings. The Kier molecular flexibility index (Phi) is 4.25. The molecule has 0 radical (unpaired) electrons. The van der Waals surface area contributed by atoms with Gasteiger partial charge in [-0.2, -0.15) is 0 Å². The third kappa shape index (κ3) is 2.90. The number of carbonyl (C=O) groups is 2. The maximum absolute atomic E-state index is 12.5. The van der Waals surface area contributed by atoms with Gasteiger partial charge in [0.1, 0.15) is 0 Å². The van der Waals surface area contributed by atoms with Crippen LogP contribution in [-0.4, -0.2) is 24.1 Å². The van der Waals surface area contributed by atoms with Crippen molar-refractivity contribution in [2.24, 2.45) is 5.92 Å². The second-order valence-electron chi connectivity index (χ2n) is 5.47. The quantitative estimate of drug-likeness (QED) is 0.640. The number of alkyl halides is 1. The molecule has 22 heavy (non-hydrogen) atoms. The summed E-state index contributed by atoms with van der Waals surface area (Å²) in [6.45, 7) is 0.616. The molecule has 0 spiro atoms. The van der Waals surface area contributed by atoms with Crippen molar-refractivity contribution in [3.05, 3.63) is 65.7 Å². The van der Waals surface area contributed by atoms with Gasteiger partial charge < -0.3 is 4.90 Å². The number of carbonyl (C=O) groups excluding carboxylic acids is 2. The average molecular weight is 314 g/mol. The average Bonchev–Trinajstić information content (AvgIpc) is 2.96. The van der Waals surface area contributed by atoms with Gasteiger partial charge in [0.05, 0.1) is 0 Å². The number of hydrogen-bond acceptors (Lipinski definition) is 2. The Hall–Kier alpha value is -2.13. The van der Waals surface area contributed by atoms with Crippen molar-refractivity contribution < 1.29 is 9.59 Å². The SMILES string of the molecule is O=C(c1ccccc1)c1cccc(N2CC(CCl)CC2=O)c1. The molecular weight excluding hydrogens is 298 g/mol. The van der Waals surface area contributed by atoms with Crippen molar-refractivity contribution >= 4 is 29.0 Å². The van der Waals surface area contributed by atoms with Crippen molar-refractivity contribution in [2.45, 2.75) is 6.42 Å². The fraction of sp³-hybridized carbons (Fsp3) is 0.222. The number of amides is 1. The van der Waals surface area contributed by atoms with E-state index in [0.717, 1.165) is 5.69 Å². The predicted molar refractivity (Wildman–Crippen MR) is 87.5 cm³/mol. The van der Waals surface area contributed by atoms with E-state index in [9.17, 15) is 9.59 Å². The van der Waals surface area contributed by atoms with Gasteiger partial charge in [-0.1, -0.05) is 42.5 Å². The van der Waals surface area contributed by atoms with Crippen molar-refractivity contribution in [1.82, 2.24) is 0 Å². The Morgan fingerprint density at radius 2 is 1.82 bits per heavy atom. The molecule has 3 nitrogen and oxygen atoms in total. The monoisotopic (exact) mass is 313 g/mol. The Morgan fingerprint density at radius 3 is 2.50 bits per heavy atom. The summed E-state index contributed by atoms with van der Waals surface area (Å²) in [5.41, 5.74) is 2.00. The summed E-state index contributed by atoms with van der Waals surface area (Å²) in [5, 5.41) is 0. The van der Waals surface area contributed by atoms with E-state index in [2.05, 4.69) is 0 Å². The van der Waals surface area contributed by atoms with E-state index in [1.807, 2.05) is 30.3 Å². The number of rotatable bonds is 4. The molecule has 3 rings (SSSR count). The second-order valence-corrected chi connectivity index (χ2v) is 5.78. The molecular formula is C18H16ClNO2. The molecule has 0 aliphatic carbocycles. The fourth-order valence-electron chi connectivity index (χ4n) is 2.71. The summed E-state index contributed by atoms with van der Waals surface area (Å²) in [6.07, 6.45) is 0.473. The highest BCUT2D eigenvalue weighted by molar-refractivity contribution is 6.18. The van der Waals surface area contributed by atoms with E-state index in [4.69, 9.17) is 11.6 Å². The normalized spacial score (nSPS) is 17.8. The summed E-state index contributed by atoms with van der Waals surface area (Å²) in [7, 11) is 0. The first-order chi connectivity index (χ1) is 10.7. The Bertz CT molecular complexity index is 699. The molecule has 1 aliphatic rings. The minimum Gasteiger partial charge on any atom is -0.312 e. The minimum absolute atomic E-state index is 0.0389. The molecule has 4 heteroatoms. The van der Waals surface area contributed by atoms with E-state index < -0.39 is 0 Å². The van der Waals surface area contributed by atoms with Gasteiger partial charge in [-0.3, -0.25) is 9.59 Å². The zero-order chi connectivity index (χ0) is 15.5.